The lowest BCUT2D eigenvalue weighted by molar-refractivity contribution is -0.402. The third kappa shape index (κ3) is 4.21. The molecule has 1 atom stereocenters. The number of nitrogens with one attached hydrogen (secondary N) is 1. The van der Waals surface area contributed by atoms with Gasteiger partial charge in [0.2, 0.25) is 0 Å². The van der Waals surface area contributed by atoms with Gasteiger partial charge >= 0.3 is 5.88 Å². The highest BCUT2D eigenvalue weighted by atomic mass is 35.5. The third-order valence-electron chi connectivity index (χ3n) is 4.20. The van der Waals surface area contributed by atoms with E-state index >= 15 is 0 Å². The highest BCUT2D eigenvalue weighted by molar-refractivity contribution is 6.31. The zero-order chi connectivity index (χ0) is 18.5. The lowest BCUT2D eigenvalue weighted by Crippen LogP contribution is -2.43. The van der Waals surface area contributed by atoms with E-state index in [2.05, 4.69) is 10.2 Å². The van der Waals surface area contributed by atoms with Gasteiger partial charge in [0, 0.05) is 24.7 Å². The van der Waals surface area contributed by atoms with Crippen molar-refractivity contribution in [2.75, 3.05) is 32.8 Å². The average Bonchev–Trinajstić information content (AvgIpc) is 3.15. The Hall–Kier alpha value is -2.42. The van der Waals surface area contributed by atoms with Gasteiger partial charge in [0.15, 0.2) is 5.76 Å². The van der Waals surface area contributed by atoms with Gasteiger partial charge in [-0.15, -0.1) is 0 Å². The van der Waals surface area contributed by atoms with Crippen LogP contribution in [0.25, 0.3) is 0 Å². The minimum atomic E-state index is -0.683. The maximum absolute atomic E-state index is 12.3. The van der Waals surface area contributed by atoms with Crippen molar-refractivity contribution in [2.24, 2.45) is 0 Å². The summed E-state index contributed by atoms with van der Waals surface area (Å²) in [6.45, 7) is 2.95. The number of morpholine rings is 1. The molecule has 26 heavy (non-hydrogen) atoms. The molecule has 1 aliphatic heterocycles. The first kappa shape index (κ1) is 18.4. The SMILES string of the molecule is O=C(NCC(c1ccccc1Cl)N1CCOCC1)c1ccc([N+](=O)[O-])o1. The highest BCUT2D eigenvalue weighted by Gasteiger charge is 2.26. The molecule has 1 fully saturated rings. The molecule has 0 spiro atoms. The van der Waals surface area contributed by atoms with Crippen molar-refractivity contribution in [3.8, 4) is 0 Å². The van der Waals surface area contributed by atoms with Crippen LogP contribution >= 0.6 is 11.6 Å². The van der Waals surface area contributed by atoms with Gasteiger partial charge in [0.25, 0.3) is 5.91 Å². The van der Waals surface area contributed by atoms with E-state index in [-0.39, 0.29) is 18.3 Å². The van der Waals surface area contributed by atoms with Crippen LogP contribution in [0.1, 0.15) is 22.2 Å². The summed E-state index contributed by atoms with van der Waals surface area (Å²) in [5.74, 6) is -1.08. The van der Waals surface area contributed by atoms with Crippen LogP contribution in [0.2, 0.25) is 5.02 Å². The number of furan rings is 1. The molecular formula is C17H18ClN3O5. The maximum atomic E-state index is 12.3. The third-order valence-corrected chi connectivity index (χ3v) is 4.55. The summed E-state index contributed by atoms with van der Waals surface area (Å²) in [5, 5.41) is 14.1. The maximum Gasteiger partial charge on any atom is 0.433 e. The molecule has 0 saturated carbocycles. The molecule has 0 aliphatic carbocycles. The standard InChI is InChI=1S/C17H18ClN3O5/c18-13-4-2-1-3-12(13)14(20-7-9-25-10-8-20)11-19-17(22)15-5-6-16(26-15)21(23)24/h1-6,14H,7-11H2,(H,19,22). The summed E-state index contributed by atoms with van der Waals surface area (Å²) in [6, 6.07) is 9.78. The van der Waals surface area contributed by atoms with E-state index in [0.717, 1.165) is 24.7 Å². The number of benzene rings is 1. The molecule has 1 amide bonds. The first-order chi connectivity index (χ1) is 12.6. The molecule has 2 heterocycles. The summed E-state index contributed by atoms with van der Waals surface area (Å²) >= 11 is 6.34. The molecule has 0 bridgehead atoms. The second kappa shape index (κ2) is 8.31. The van der Waals surface area contributed by atoms with Crippen LogP contribution in [0.5, 0.6) is 0 Å². The van der Waals surface area contributed by atoms with E-state index in [9.17, 15) is 14.9 Å². The zero-order valence-corrected chi connectivity index (χ0v) is 14.6. The van der Waals surface area contributed by atoms with Gasteiger partial charge in [-0.2, -0.15) is 0 Å². The smallest absolute Gasteiger partial charge is 0.395 e. The predicted molar refractivity (Wildman–Crippen MR) is 94.3 cm³/mol. The zero-order valence-electron chi connectivity index (χ0n) is 13.9. The van der Waals surface area contributed by atoms with Crippen molar-refractivity contribution in [3.63, 3.8) is 0 Å². The number of carbonyl (C=O) groups is 1. The lowest BCUT2D eigenvalue weighted by Gasteiger charge is -2.35. The van der Waals surface area contributed by atoms with Gasteiger partial charge in [-0.05, 0) is 17.7 Å². The average molecular weight is 380 g/mol. The first-order valence-corrected chi connectivity index (χ1v) is 8.52. The molecule has 2 aromatic rings. The fourth-order valence-electron chi connectivity index (χ4n) is 2.89. The van der Waals surface area contributed by atoms with Crippen LogP contribution in [0, 0.1) is 10.1 Å². The van der Waals surface area contributed by atoms with Crippen LogP contribution in [0.15, 0.2) is 40.8 Å². The van der Waals surface area contributed by atoms with Crippen molar-refractivity contribution in [1.82, 2.24) is 10.2 Å². The van der Waals surface area contributed by atoms with E-state index in [0.29, 0.717) is 18.2 Å². The van der Waals surface area contributed by atoms with Gasteiger partial charge in [-0.25, -0.2) is 0 Å². The second-order valence-corrected chi connectivity index (χ2v) is 6.20. The molecule has 1 aliphatic rings. The van der Waals surface area contributed by atoms with Crippen LogP contribution in [0.4, 0.5) is 5.88 Å². The van der Waals surface area contributed by atoms with Crippen molar-refractivity contribution in [2.45, 2.75) is 6.04 Å². The number of hydrogen-bond acceptors (Lipinski definition) is 6. The minimum absolute atomic E-state index is 0.100. The van der Waals surface area contributed by atoms with Crippen LogP contribution in [-0.2, 0) is 4.74 Å². The van der Waals surface area contributed by atoms with Crippen molar-refractivity contribution in [1.29, 1.82) is 0 Å². The Morgan fingerprint density at radius 1 is 1.27 bits per heavy atom. The summed E-state index contributed by atoms with van der Waals surface area (Å²) < 4.78 is 10.3. The normalized spacial score (nSPS) is 16.2. The molecule has 1 saturated heterocycles. The molecule has 0 radical (unpaired) electrons. The number of rotatable bonds is 6. The number of carbonyl (C=O) groups excluding carboxylic acids is 1. The largest absolute Gasteiger partial charge is 0.433 e. The van der Waals surface area contributed by atoms with Crippen molar-refractivity contribution >= 4 is 23.4 Å². The molecular weight excluding hydrogens is 362 g/mol. The fraction of sp³-hybridized carbons (Fsp3) is 0.353. The predicted octanol–water partition coefficient (Wildman–Crippen LogP) is 2.64. The Morgan fingerprint density at radius 3 is 2.65 bits per heavy atom. The Labute approximate surface area is 154 Å². The van der Waals surface area contributed by atoms with Crippen molar-refractivity contribution in [3.05, 3.63) is 62.9 Å². The number of ether oxygens (including phenoxy) is 1. The molecule has 1 unspecified atom stereocenters. The van der Waals surface area contributed by atoms with Crippen LogP contribution < -0.4 is 5.32 Å². The monoisotopic (exact) mass is 379 g/mol. The number of halogens is 1. The van der Waals surface area contributed by atoms with Gasteiger partial charge in [-0.1, -0.05) is 29.8 Å². The van der Waals surface area contributed by atoms with Gasteiger partial charge in [0.05, 0.1) is 25.3 Å². The lowest BCUT2D eigenvalue weighted by atomic mass is 10.0. The Balaban J connectivity index is 1.73. The van der Waals surface area contributed by atoms with E-state index < -0.39 is 16.7 Å². The molecule has 8 nitrogen and oxygen atoms in total. The number of nitrogens with zero attached hydrogens (tertiary/aromatic N) is 2. The topological polar surface area (TPSA) is 97.9 Å². The summed E-state index contributed by atoms with van der Waals surface area (Å²) in [6.07, 6.45) is 0. The number of amides is 1. The summed E-state index contributed by atoms with van der Waals surface area (Å²) in [7, 11) is 0. The van der Waals surface area contributed by atoms with Crippen LogP contribution in [-0.4, -0.2) is 48.6 Å². The van der Waals surface area contributed by atoms with Gasteiger partial charge < -0.3 is 14.5 Å². The van der Waals surface area contributed by atoms with E-state index in [1.54, 1.807) is 0 Å². The molecule has 138 valence electrons. The second-order valence-electron chi connectivity index (χ2n) is 5.79. The number of nitro groups is 1. The van der Waals surface area contributed by atoms with E-state index in [1.807, 2.05) is 24.3 Å². The Bertz CT molecular complexity index is 788. The fourth-order valence-corrected chi connectivity index (χ4v) is 3.16. The summed E-state index contributed by atoms with van der Waals surface area (Å²) in [4.78, 5) is 24.5. The van der Waals surface area contributed by atoms with E-state index in [1.165, 1.54) is 6.07 Å². The quantitative estimate of drug-likeness (QED) is 0.612. The van der Waals surface area contributed by atoms with Gasteiger partial charge in [-0.3, -0.25) is 19.8 Å². The Morgan fingerprint density at radius 2 is 2.00 bits per heavy atom. The molecule has 1 aromatic heterocycles. The first-order valence-electron chi connectivity index (χ1n) is 8.15. The van der Waals surface area contributed by atoms with E-state index in [4.69, 9.17) is 20.8 Å². The molecule has 1 N–H and O–H groups in total. The number of hydrogen-bond donors (Lipinski definition) is 1. The molecule has 1 aromatic carbocycles. The van der Waals surface area contributed by atoms with Gasteiger partial charge in [0.1, 0.15) is 4.92 Å². The molecule has 9 heteroatoms. The summed E-state index contributed by atoms with van der Waals surface area (Å²) in [5.41, 5.74) is 0.904. The minimum Gasteiger partial charge on any atom is -0.395 e. The Kier molecular flexibility index (Phi) is 5.87. The van der Waals surface area contributed by atoms with Crippen molar-refractivity contribution < 1.29 is 18.9 Å². The van der Waals surface area contributed by atoms with Crippen LogP contribution in [0.3, 0.4) is 0 Å². The molecule has 3 rings (SSSR count). The highest BCUT2D eigenvalue weighted by Crippen LogP contribution is 2.28.